The van der Waals surface area contributed by atoms with Crippen molar-refractivity contribution in [1.82, 2.24) is 24.6 Å². The Morgan fingerprint density at radius 1 is 1.22 bits per heavy atom. The first-order valence-electron chi connectivity index (χ1n) is 7.95. The summed E-state index contributed by atoms with van der Waals surface area (Å²) in [5.74, 6) is 0.900. The van der Waals surface area contributed by atoms with Crippen molar-refractivity contribution in [3.05, 3.63) is 71.5 Å². The maximum absolute atomic E-state index is 12.8. The van der Waals surface area contributed by atoms with E-state index in [0.717, 1.165) is 5.69 Å². The van der Waals surface area contributed by atoms with Gasteiger partial charge in [0.2, 0.25) is 0 Å². The number of anilines is 1. The van der Waals surface area contributed by atoms with Crippen LogP contribution in [0.25, 0.3) is 5.65 Å². The highest BCUT2D eigenvalue weighted by Gasteiger charge is 2.16. The van der Waals surface area contributed by atoms with E-state index in [9.17, 15) is 4.79 Å². The molecule has 134 valence electrons. The molecule has 1 N–H and O–H groups in total. The number of carbonyl (C=O) groups excluding carboxylic acids is 1. The van der Waals surface area contributed by atoms with Crippen LogP contribution in [-0.2, 0) is 0 Å². The number of carbonyl (C=O) groups is 1. The van der Waals surface area contributed by atoms with Gasteiger partial charge >= 0.3 is 0 Å². The highest BCUT2D eigenvalue weighted by Crippen LogP contribution is 2.25. The summed E-state index contributed by atoms with van der Waals surface area (Å²) in [6, 6.07) is 8.58. The van der Waals surface area contributed by atoms with Crippen LogP contribution >= 0.6 is 11.6 Å². The van der Waals surface area contributed by atoms with Crippen molar-refractivity contribution >= 4 is 29.0 Å². The number of pyridine rings is 3. The molecule has 1 amide bonds. The van der Waals surface area contributed by atoms with Crippen LogP contribution in [0.4, 0.5) is 5.82 Å². The van der Waals surface area contributed by atoms with Gasteiger partial charge in [0.05, 0.1) is 23.0 Å². The van der Waals surface area contributed by atoms with Gasteiger partial charge in [0.1, 0.15) is 23.6 Å². The normalized spacial score (nSPS) is 10.7. The monoisotopic (exact) mass is 380 g/mol. The lowest BCUT2D eigenvalue weighted by Crippen LogP contribution is -2.15. The standard InChI is InChI=1S/C18H13ClN6O2/c1-11-3-2-4-16(23-11)24-18(26)15-6-14(9-25-17(15)21-10-22-25)27-13-5-12(19)7-20-8-13/h2-10H,1H3,(H,23,24,26). The van der Waals surface area contributed by atoms with Gasteiger partial charge < -0.3 is 10.1 Å². The zero-order chi connectivity index (χ0) is 18.8. The number of hydrogen-bond donors (Lipinski definition) is 1. The Hall–Kier alpha value is -3.52. The maximum atomic E-state index is 12.8. The van der Waals surface area contributed by atoms with E-state index >= 15 is 0 Å². The number of fused-ring (bicyclic) bond motifs is 1. The third-order valence-electron chi connectivity index (χ3n) is 3.64. The molecule has 8 nitrogen and oxygen atoms in total. The van der Waals surface area contributed by atoms with Gasteiger partial charge in [0, 0.05) is 18.0 Å². The number of hydrogen-bond acceptors (Lipinski definition) is 6. The summed E-state index contributed by atoms with van der Waals surface area (Å²) in [5, 5.41) is 7.29. The molecule has 4 aromatic rings. The molecular formula is C18H13ClN6O2. The Bertz CT molecular complexity index is 1140. The Labute approximate surface area is 158 Å². The highest BCUT2D eigenvalue weighted by atomic mass is 35.5. The van der Waals surface area contributed by atoms with Crippen molar-refractivity contribution in [2.24, 2.45) is 0 Å². The minimum Gasteiger partial charge on any atom is -0.454 e. The molecule has 4 rings (SSSR count). The molecule has 0 spiro atoms. The third-order valence-corrected chi connectivity index (χ3v) is 3.85. The molecule has 0 bridgehead atoms. The summed E-state index contributed by atoms with van der Waals surface area (Å²) < 4.78 is 7.23. The Morgan fingerprint density at radius 2 is 2.11 bits per heavy atom. The van der Waals surface area contributed by atoms with Crippen molar-refractivity contribution < 1.29 is 9.53 Å². The number of nitrogens with one attached hydrogen (secondary N) is 1. The van der Waals surface area contributed by atoms with Crippen LogP contribution in [0.15, 0.2) is 55.2 Å². The van der Waals surface area contributed by atoms with E-state index < -0.39 is 0 Å². The highest BCUT2D eigenvalue weighted by molar-refractivity contribution is 6.30. The van der Waals surface area contributed by atoms with Gasteiger partial charge in [-0.3, -0.25) is 9.78 Å². The first kappa shape index (κ1) is 16.9. The van der Waals surface area contributed by atoms with Crippen molar-refractivity contribution in [3.8, 4) is 11.5 Å². The van der Waals surface area contributed by atoms with E-state index in [0.29, 0.717) is 33.6 Å². The molecule has 0 unspecified atom stereocenters. The number of aryl methyl sites for hydroxylation is 1. The largest absolute Gasteiger partial charge is 0.454 e. The summed E-state index contributed by atoms with van der Waals surface area (Å²) in [4.78, 5) is 25.2. The summed E-state index contributed by atoms with van der Waals surface area (Å²) in [6.45, 7) is 1.85. The molecule has 4 heterocycles. The Balaban J connectivity index is 1.69. The van der Waals surface area contributed by atoms with Crippen LogP contribution < -0.4 is 10.1 Å². The molecule has 0 radical (unpaired) electrons. The van der Waals surface area contributed by atoms with E-state index in [4.69, 9.17) is 16.3 Å². The van der Waals surface area contributed by atoms with Gasteiger partial charge in [-0.15, -0.1) is 0 Å². The predicted molar refractivity (Wildman–Crippen MR) is 99.2 cm³/mol. The van der Waals surface area contributed by atoms with Gasteiger partial charge in [-0.05, 0) is 25.1 Å². The Kier molecular flexibility index (Phi) is 4.39. The number of ether oxygens (including phenoxy) is 1. The number of rotatable bonds is 4. The summed E-state index contributed by atoms with van der Waals surface area (Å²) in [5.41, 5.74) is 1.49. The SMILES string of the molecule is Cc1cccc(NC(=O)c2cc(Oc3cncc(Cl)c3)cn3ncnc23)n1. The molecule has 27 heavy (non-hydrogen) atoms. The zero-order valence-corrected chi connectivity index (χ0v) is 14.9. The second kappa shape index (κ2) is 7.00. The van der Waals surface area contributed by atoms with E-state index in [1.54, 1.807) is 24.4 Å². The fraction of sp³-hybridized carbons (Fsp3) is 0.0556. The molecule has 0 atom stereocenters. The van der Waals surface area contributed by atoms with Gasteiger partial charge in [0.15, 0.2) is 5.65 Å². The molecule has 4 aromatic heterocycles. The van der Waals surface area contributed by atoms with Crippen molar-refractivity contribution in [2.45, 2.75) is 6.92 Å². The van der Waals surface area contributed by atoms with Gasteiger partial charge in [-0.2, -0.15) is 5.10 Å². The molecule has 9 heteroatoms. The average molecular weight is 381 g/mol. The molecule has 0 aliphatic heterocycles. The number of halogens is 1. The molecule has 0 fully saturated rings. The van der Waals surface area contributed by atoms with Crippen LogP contribution in [0, 0.1) is 6.92 Å². The van der Waals surface area contributed by atoms with Crippen LogP contribution in [0.5, 0.6) is 11.5 Å². The number of aromatic nitrogens is 5. The number of nitrogens with zero attached hydrogens (tertiary/aromatic N) is 5. The predicted octanol–water partition coefficient (Wildman–Crippen LogP) is 3.53. The lowest BCUT2D eigenvalue weighted by Gasteiger charge is -2.10. The molecule has 0 aliphatic rings. The van der Waals surface area contributed by atoms with Crippen LogP contribution in [0.2, 0.25) is 5.02 Å². The van der Waals surface area contributed by atoms with E-state index in [1.807, 2.05) is 19.1 Å². The molecule has 0 saturated carbocycles. The number of amides is 1. The maximum Gasteiger partial charge on any atom is 0.260 e. The Morgan fingerprint density at radius 3 is 2.93 bits per heavy atom. The lowest BCUT2D eigenvalue weighted by molar-refractivity contribution is 0.102. The first-order valence-corrected chi connectivity index (χ1v) is 8.33. The zero-order valence-electron chi connectivity index (χ0n) is 14.1. The van der Waals surface area contributed by atoms with Crippen molar-refractivity contribution in [3.63, 3.8) is 0 Å². The fourth-order valence-corrected chi connectivity index (χ4v) is 2.67. The lowest BCUT2D eigenvalue weighted by atomic mass is 10.2. The average Bonchev–Trinajstić information content (AvgIpc) is 3.09. The molecule has 0 aromatic carbocycles. The molecular weight excluding hydrogens is 368 g/mol. The third kappa shape index (κ3) is 3.70. The van der Waals surface area contributed by atoms with Crippen LogP contribution in [0.1, 0.15) is 16.1 Å². The second-order valence-electron chi connectivity index (χ2n) is 5.68. The molecule has 0 saturated heterocycles. The summed E-state index contributed by atoms with van der Waals surface area (Å²) >= 11 is 5.93. The van der Waals surface area contributed by atoms with Gasteiger partial charge in [-0.1, -0.05) is 17.7 Å². The van der Waals surface area contributed by atoms with Crippen molar-refractivity contribution in [2.75, 3.05) is 5.32 Å². The van der Waals surface area contributed by atoms with E-state index in [1.165, 1.54) is 23.2 Å². The first-order chi connectivity index (χ1) is 13.1. The quantitative estimate of drug-likeness (QED) is 0.582. The smallest absolute Gasteiger partial charge is 0.260 e. The van der Waals surface area contributed by atoms with Crippen LogP contribution in [0.3, 0.4) is 0 Å². The second-order valence-corrected chi connectivity index (χ2v) is 6.11. The minimum atomic E-state index is -0.374. The summed E-state index contributed by atoms with van der Waals surface area (Å²) in [6.07, 6.45) is 6.00. The minimum absolute atomic E-state index is 0.295. The summed E-state index contributed by atoms with van der Waals surface area (Å²) in [7, 11) is 0. The van der Waals surface area contributed by atoms with Gasteiger partial charge in [0.25, 0.3) is 5.91 Å². The topological polar surface area (TPSA) is 94.3 Å². The van der Waals surface area contributed by atoms with E-state index in [-0.39, 0.29) is 5.91 Å². The van der Waals surface area contributed by atoms with Gasteiger partial charge in [-0.25, -0.2) is 14.5 Å². The van der Waals surface area contributed by atoms with E-state index in [2.05, 4.69) is 25.4 Å². The van der Waals surface area contributed by atoms with Crippen LogP contribution in [-0.4, -0.2) is 30.5 Å². The molecule has 0 aliphatic carbocycles. The fourth-order valence-electron chi connectivity index (χ4n) is 2.51. The van der Waals surface area contributed by atoms with Crippen molar-refractivity contribution in [1.29, 1.82) is 0 Å².